The van der Waals surface area contributed by atoms with Crippen LogP contribution in [0.5, 0.6) is 0 Å². The number of para-hydroxylation sites is 1. The zero-order chi connectivity index (χ0) is 13.1. The first-order valence-electron chi connectivity index (χ1n) is 6.31. The Bertz CT molecular complexity index is 557. The van der Waals surface area contributed by atoms with Gasteiger partial charge in [0.15, 0.2) is 0 Å². The van der Waals surface area contributed by atoms with Gasteiger partial charge in [0, 0.05) is 16.6 Å². The Labute approximate surface area is 107 Å². The van der Waals surface area contributed by atoms with E-state index in [0.717, 1.165) is 24.1 Å². The molecule has 0 saturated carbocycles. The molecule has 1 aromatic carbocycles. The number of fused-ring (bicyclic) bond motifs is 1. The van der Waals surface area contributed by atoms with E-state index >= 15 is 0 Å². The number of H-pyrrole nitrogens is 1. The number of rotatable bonds is 4. The second-order valence-corrected chi connectivity index (χ2v) is 4.61. The van der Waals surface area contributed by atoms with Gasteiger partial charge in [-0.15, -0.1) is 0 Å². The molecule has 0 radical (unpaired) electrons. The van der Waals surface area contributed by atoms with Crippen molar-refractivity contribution in [1.29, 1.82) is 0 Å². The summed E-state index contributed by atoms with van der Waals surface area (Å²) in [5, 5.41) is 1.21. The van der Waals surface area contributed by atoms with Gasteiger partial charge in [-0.2, -0.15) is 0 Å². The Morgan fingerprint density at radius 3 is 2.78 bits per heavy atom. The number of benzene rings is 1. The minimum Gasteiger partial charge on any atom is -0.469 e. The van der Waals surface area contributed by atoms with E-state index in [1.165, 1.54) is 18.1 Å². The van der Waals surface area contributed by atoms with Crippen molar-refractivity contribution < 1.29 is 9.53 Å². The Balaban J connectivity index is 2.36. The number of carbonyl (C=O) groups excluding carboxylic acids is 1. The fourth-order valence-corrected chi connectivity index (χ4v) is 2.41. The largest absolute Gasteiger partial charge is 0.469 e. The molecule has 1 N–H and O–H groups in total. The van der Waals surface area contributed by atoms with Crippen LogP contribution >= 0.6 is 0 Å². The lowest BCUT2D eigenvalue weighted by Crippen LogP contribution is -2.18. The Hall–Kier alpha value is -1.77. The van der Waals surface area contributed by atoms with Crippen LogP contribution in [0.2, 0.25) is 0 Å². The zero-order valence-electron chi connectivity index (χ0n) is 11.1. The molecule has 3 heteroatoms. The molecule has 0 bridgehead atoms. The molecule has 2 rings (SSSR count). The molecule has 3 nitrogen and oxygen atoms in total. The first-order chi connectivity index (χ1) is 8.67. The van der Waals surface area contributed by atoms with Gasteiger partial charge in [0.2, 0.25) is 0 Å². The maximum absolute atomic E-state index is 11.7. The highest BCUT2D eigenvalue weighted by molar-refractivity contribution is 5.85. The first kappa shape index (κ1) is 12.7. The minimum absolute atomic E-state index is 0.0621. The van der Waals surface area contributed by atoms with Crippen LogP contribution in [0.15, 0.2) is 24.3 Å². The standard InChI is InChI=1S/C15H19NO2/c1-4-11(15(17)18-3)9-13-10(2)16-14-8-6-5-7-12(13)14/h5-8,11,16H,4,9H2,1-3H3. The summed E-state index contributed by atoms with van der Waals surface area (Å²) in [5.74, 6) is -0.185. The number of aryl methyl sites for hydroxylation is 1. The number of nitrogens with one attached hydrogen (secondary N) is 1. The molecule has 0 aliphatic heterocycles. The zero-order valence-corrected chi connectivity index (χ0v) is 11.1. The molecule has 96 valence electrons. The van der Waals surface area contributed by atoms with Gasteiger partial charge in [0.1, 0.15) is 0 Å². The summed E-state index contributed by atoms with van der Waals surface area (Å²) in [5.41, 5.74) is 3.49. The molecule has 2 aromatic rings. The predicted molar refractivity (Wildman–Crippen MR) is 72.5 cm³/mol. The Morgan fingerprint density at radius 1 is 1.39 bits per heavy atom. The molecule has 0 aliphatic rings. The van der Waals surface area contributed by atoms with Crippen LogP contribution in [0.4, 0.5) is 0 Å². The van der Waals surface area contributed by atoms with Gasteiger partial charge in [-0.25, -0.2) is 0 Å². The highest BCUT2D eigenvalue weighted by Gasteiger charge is 2.20. The number of carbonyl (C=O) groups is 1. The molecule has 1 aromatic heterocycles. The number of hydrogen-bond donors (Lipinski definition) is 1. The maximum atomic E-state index is 11.7. The third kappa shape index (κ3) is 2.26. The second kappa shape index (κ2) is 5.25. The van der Waals surface area contributed by atoms with Gasteiger partial charge in [0.05, 0.1) is 13.0 Å². The lowest BCUT2D eigenvalue weighted by atomic mass is 9.95. The lowest BCUT2D eigenvalue weighted by Gasteiger charge is -2.12. The van der Waals surface area contributed by atoms with Crippen molar-refractivity contribution in [2.75, 3.05) is 7.11 Å². The van der Waals surface area contributed by atoms with Crippen molar-refractivity contribution in [2.45, 2.75) is 26.7 Å². The maximum Gasteiger partial charge on any atom is 0.308 e. The van der Waals surface area contributed by atoms with Crippen molar-refractivity contribution >= 4 is 16.9 Å². The van der Waals surface area contributed by atoms with Crippen LogP contribution in [-0.2, 0) is 16.0 Å². The van der Waals surface area contributed by atoms with Crippen molar-refractivity contribution in [3.8, 4) is 0 Å². The molecule has 0 saturated heterocycles. The normalized spacial score (nSPS) is 12.6. The van der Waals surface area contributed by atoms with E-state index in [9.17, 15) is 4.79 Å². The van der Waals surface area contributed by atoms with E-state index in [-0.39, 0.29) is 11.9 Å². The van der Waals surface area contributed by atoms with E-state index in [0.29, 0.717) is 0 Å². The monoisotopic (exact) mass is 245 g/mol. The quantitative estimate of drug-likeness (QED) is 0.840. The number of methoxy groups -OCH3 is 1. The fraction of sp³-hybridized carbons (Fsp3) is 0.400. The smallest absolute Gasteiger partial charge is 0.308 e. The lowest BCUT2D eigenvalue weighted by molar-refractivity contribution is -0.145. The van der Waals surface area contributed by atoms with Gasteiger partial charge >= 0.3 is 5.97 Å². The summed E-state index contributed by atoms with van der Waals surface area (Å²) < 4.78 is 4.85. The summed E-state index contributed by atoms with van der Waals surface area (Å²) in [6.45, 7) is 4.07. The van der Waals surface area contributed by atoms with E-state index < -0.39 is 0 Å². The van der Waals surface area contributed by atoms with Crippen LogP contribution < -0.4 is 0 Å². The highest BCUT2D eigenvalue weighted by Crippen LogP contribution is 2.25. The number of esters is 1. The van der Waals surface area contributed by atoms with Crippen molar-refractivity contribution in [1.82, 2.24) is 4.98 Å². The van der Waals surface area contributed by atoms with E-state index in [1.54, 1.807) is 0 Å². The summed E-state index contributed by atoms with van der Waals surface area (Å²) in [4.78, 5) is 15.0. The fourth-order valence-electron chi connectivity index (χ4n) is 2.41. The molecular weight excluding hydrogens is 226 g/mol. The van der Waals surface area contributed by atoms with E-state index in [4.69, 9.17) is 4.74 Å². The highest BCUT2D eigenvalue weighted by atomic mass is 16.5. The van der Waals surface area contributed by atoms with Gasteiger partial charge in [-0.3, -0.25) is 4.79 Å². The number of hydrogen-bond acceptors (Lipinski definition) is 2. The average Bonchev–Trinajstić information content (AvgIpc) is 2.71. The minimum atomic E-state index is -0.123. The third-order valence-electron chi connectivity index (χ3n) is 3.50. The Morgan fingerprint density at radius 2 is 2.11 bits per heavy atom. The molecule has 1 atom stereocenters. The van der Waals surface area contributed by atoms with Gasteiger partial charge in [-0.1, -0.05) is 25.1 Å². The molecule has 0 amide bonds. The second-order valence-electron chi connectivity index (χ2n) is 4.61. The molecule has 0 spiro atoms. The van der Waals surface area contributed by atoms with Gasteiger partial charge in [-0.05, 0) is 31.4 Å². The van der Waals surface area contributed by atoms with Crippen LogP contribution in [0, 0.1) is 12.8 Å². The van der Waals surface area contributed by atoms with Crippen LogP contribution in [0.25, 0.3) is 10.9 Å². The molecule has 1 unspecified atom stereocenters. The first-order valence-corrected chi connectivity index (χ1v) is 6.31. The van der Waals surface area contributed by atoms with Gasteiger partial charge in [0.25, 0.3) is 0 Å². The van der Waals surface area contributed by atoms with Crippen molar-refractivity contribution in [3.05, 3.63) is 35.5 Å². The van der Waals surface area contributed by atoms with E-state index in [2.05, 4.69) is 24.0 Å². The third-order valence-corrected chi connectivity index (χ3v) is 3.50. The van der Waals surface area contributed by atoms with Crippen LogP contribution in [0.3, 0.4) is 0 Å². The average molecular weight is 245 g/mol. The summed E-state index contributed by atoms with van der Waals surface area (Å²) in [6.07, 6.45) is 1.53. The van der Waals surface area contributed by atoms with Crippen LogP contribution in [-0.4, -0.2) is 18.1 Å². The molecule has 18 heavy (non-hydrogen) atoms. The predicted octanol–water partition coefficient (Wildman–Crippen LogP) is 3.22. The van der Waals surface area contributed by atoms with Crippen molar-refractivity contribution in [2.24, 2.45) is 5.92 Å². The van der Waals surface area contributed by atoms with Crippen molar-refractivity contribution in [3.63, 3.8) is 0 Å². The van der Waals surface area contributed by atoms with Crippen LogP contribution in [0.1, 0.15) is 24.6 Å². The van der Waals surface area contributed by atoms with E-state index in [1.807, 2.05) is 19.1 Å². The molecule has 0 aliphatic carbocycles. The number of aromatic nitrogens is 1. The topological polar surface area (TPSA) is 42.1 Å². The Kier molecular flexibility index (Phi) is 3.70. The molecule has 1 heterocycles. The van der Waals surface area contributed by atoms with Gasteiger partial charge < -0.3 is 9.72 Å². The summed E-state index contributed by atoms with van der Waals surface area (Å²) >= 11 is 0. The summed E-state index contributed by atoms with van der Waals surface area (Å²) in [6, 6.07) is 8.20. The summed E-state index contributed by atoms with van der Waals surface area (Å²) in [7, 11) is 1.45. The number of ether oxygens (including phenoxy) is 1. The molecular formula is C15H19NO2. The number of aromatic amines is 1. The molecule has 0 fully saturated rings. The SMILES string of the molecule is CCC(Cc1c(C)[nH]c2ccccc12)C(=O)OC.